The fourth-order valence-corrected chi connectivity index (χ4v) is 16.4. The van der Waals surface area contributed by atoms with Crippen molar-refractivity contribution in [2.45, 2.75) is 102 Å². The lowest BCUT2D eigenvalue weighted by molar-refractivity contribution is -0.136. The summed E-state index contributed by atoms with van der Waals surface area (Å²) in [6.45, 7) is 12.7. The van der Waals surface area contributed by atoms with E-state index < -0.39 is 82.5 Å². The minimum absolute atomic E-state index is 0.0260. The first kappa shape index (κ1) is 65.7. The number of benzene rings is 5. The number of rotatable bonds is 23. The summed E-state index contributed by atoms with van der Waals surface area (Å²) in [5, 5.41) is 5.97. The fraction of sp³-hybridized carbons (Fsp3) is 0.422. The summed E-state index contributed by atoms with van der Waals surface area (Å²) in [5.74, 6) is -2.25. The maximum absolute atomic E-state index is 14.5. The molecule has 25 heteroatoms. The molecule has 0 spiro atoms. The van der Waals surface area contributed by atoms with Crippen LogP contribution in [0.25, 0.3) is 5.57 Å². The normalized spacial score (nSPS) is 19.3. The zero-order valence-electron chi connectivity index (χ0n) is 49.5. The van der Waals surface area contributed by atoms with E-state index in [4.69, 9.17) is 11.6 Å². The third kappa shape index (κ3) is 15.9. The number of hydrogen-bond acceptors (Lipinski definition) is 16. The minimum Gasteiger partial charge on any atom is -0.380 e. The number of fused-ring (bicyclic) bond motifs is 1. The molecule has 17 nitrogen and oxygen atoms in total. The molecule has 1 aliphatic carbocycles. The average Bonchev–Trinajstić information content (AvgIpc) is 1.62. The van der Waals surface area contributed by atoms with Crippen LogP contribution in [0.4, 0.5) is 24.5 Å². The third-order valence-corrected chi connectivity index (χ3v) is 22.5. The van der Waals surface area contributed by atoms with E-state index in [1.807, 2.05) is 47.2 Å². The molecular weight excluding hydrogens is 1250 g/mol. The zero-order valence-corrected chi connectivity index (χ0v) is 53.6. The van der Waals surface area contributed by atoms with Crippen molar-refractivity contribution in [3.05, 3.63) is 148 Å². The summed E-state index contributed by atoms with van der Waals surface area (Å²) < 4.78 is 99.9. The van der Waals surface area contributed by atoms with Crippen molar-refractivity contribution in [1.82, 2.24) is 29.6 Å². The summed E-state index contributed by atoms with van der Waals surface area (Å²) in [5.41, 5.74) is -0.705. The zero-order chi connectivity index (χ0) is 63.3. The van der Waals surface area contributed by atoms with E-state index in [1.54, 1.807) is 30.3 Å². The average molecular weight is 1320 g/mol. The second kappa shape index (κ2) is 28.1. The van der Waals surface area contributed by atoms with E-state index in [-0.39, 0.29) is 34.9 Å². The highest BCUT2D eigenvalue weighted by molar-refractivity contribution is 7.99. The molecule has 2 atom stereocenters. The molecule has 0 saturated carbocycles. The number of sulfone groups is 1. The lowest BCUT2D eigenvalue weighted by Gasteiger charge is -2.39. The first-order chi connectivity index (χ1) is 42.4. The number of imide groups is 2. The number of amides is 5. The highest BCUT2D eigenvalue weighted by Gasteiger charge is 2.49. The van der Waals surface area contributed by atoms with Gasteiger partial charge in [-0.3, -0.25) is 39.1 Å². The van der Waals surface area contributed by atoms with Gasteiger partial charge in [-0.15, -0.1) is 23.5 Å². The highest BCUT2D eigenvalue weighted by atomic mass is 35.5. The first-order valence-electron chi connectivity index (χ1n) is 29.9. The molecule has 3 N–H and O–H groups in total. The van der Waals surface area contributed by atoms with Crippen molar-refractivity contribution in [2.75, 3.05) is 93.7 Å². The van der Waals surface area contributed by atoms with Gasteiger partial charge in [-0.25, -0.2) is 21.6 Å². The van der Waals surface area contributed by atoms with E-state index in [1.165, 1.54) is 52.4 Å². The first-order valence-corrected chi connectivity index (χ1v) is 35.2. The molecule has 5 amide bonds. The lowest BCUT2D eigenvalue weighted by Crippen LogP contribution is -2.54. The van der Waals surface area contributed by atoms with Crippen LogP contribution in [0.1, 0.15) is 102 Å². The van der Waals surface area contributed by atoms with Crippen LogP contribution in [0.3, 0.4) is 0 Å². The van der Waals surface area contributed by atoms with Crippen molar-refractivity contribution in [3.63, 3.8) is 0 Å². The Kier molecular flexibility index (Phi) is 20.7. The number of nitrogens with zero attached hydrogens (tertiary/aromatic N) is 5. The van der Waals surface area contributed by atoms with Crippen LogP contribution >= 0.6 is 35.1 Å². The van der Waals surface area contributed by atoms with Crippen molar-refractivity contribution < 1.29 is 54.0 Å². The molecule has 89 heavy (non-hydrogen) atoms. The van der Waals surface area contributed by atoms with Crippen molar-refractivity contribution in [1.29, 1.82) is 0 Å². The van der Waals surface area contributed by atoms with E-state index in [9.17, 15) is 54.0 Å². The molecule has 3 saturated heterocycles. The van der Waals surface area contributed by atoms with Gasteiger partial charge in [0.15, 0.2) is 0 Å². The number of carbonyl (C=O) groups is 5. The predicted octanol–water partition coefficient (Wildman–Crippen LogP) is 10.1. The molecule has 3 fully saturated rings. The predicted molar refractivity (Wildman–Crippen MR) is 341 cm³/mol. The van der Waals surface area contributed by atoms with Gasteiger partial charge < -0.3 is 20.0 Å². The van der Waals surface area contributed by atoms with Gasteiger partial charge in [0, 0.05) is 110 Å². The van der Waals surface area contributed by atoms with Crippen LogP contribution in [0.5, 0.6) is 0 Å². The van der Waals surface area contributed by atoms with Gasteiger partial charge in [0.05, 0.1) is 21.7 Å². The number of thioether (sulfide) groups is 2. The summed E-state index contributed by atoms with van der Waals surface area (Å²) in [6.07, 6.45) is 5.27. The van der Waals surface area contributed by atoms with E-state index in [2.05, 4.69) is 56.2 Å². The van der Waals surface area contributed by atoms with Crippen LogP contribution in [-0.4, -0.2) is 167 Å². The second-order valence-electron chi connectivity index (χ2n) is 23.9. The quantitative estimate of drug-likeness (QED) is 0.0316. The topological polar surface area (TPSA) is 206 Å². The second-order valence-corrected chi connectivity index (χ2v) is 30.2. The molecule has 10 rings (SSSR count). The van der Waals surface area contributed by atoms with Crippen molar-refractivity contribution >= 4 is 101 Å². The van der Waals surface area contributed by atoms with Crippen LogP contribution in [0, 0.1) is 5.41 Å². The lowest BCUT2D eigenvalue weighted by atomic mass is 9.73. The third-order valence-electron chi connectivity index (χ3n) is 17.1. The molecule has 5 aliphatic rings. The summed E-state index contributed by atoms with van der Waals surface area (Å²) >= 11 is 9.11. The molecule has 0 radical (unpaired) electrons. The molecule has 5 aromatic carbocycles. The molecule has 474 valence electrons. The number of nitrogens with one attached hydrogen (secondary N) is 3. The van der Waals surface area contributed by atoms with Gasteiger partial charge in [-0.1, -0.05) is 67.4 Å². The van der Waals surface area contributed by atoms with E-state index in [0.29, 0.717) is 66.6 Å². The Morgan fingerprint density at radius 3 is 2.13 bits per heavy atom. The maximum atomic E-state index is 14.5. The standard InChI is InChI=1S/C64H72ClF3N8O9S4/c1-63(2)27-25-51(43-13-17-46(65)18-14-43)45(40-63)41-74-34-36-75(37-35-74)48-19-15-44(16-20-48)59(78)71-89(84,85)50-21-22-53(56(39-50)88(82,83)64(66,67)68)69-47(42-87-49-9-4-3-5-10-49)26-29-73-32-30-72(31-33-73)28-6-7-38-86-55-12-8-11-52-58(55)62(81)76(61(52)80)54-23-24-57(77)70-60(54)79/h3-5,8-22,39,47,54,69H,6-7,23-38,40-42H2,1-2H3,(H,71,78)(H,70,77,79)/t47-,54?/m1/s1. The molecular formula is C64H72ClF3N8O9S4. The Hall–Kier alpha value is -6.25. The van der Waals surface area contributed by atoms with Crippen LogP contribution in [0.2, 0.25) is 5.02 Å². The van der Waals surface area contributed by atoms with Gasteiger partial charge in [0.2, 0.25) is 11.8 Å². The molecule has 0 bridgehead atoms. The number of anilines is 2. The van der Waals surface area contributed by atoms with E-state index >= 15 is 0 Å². The Morgan fingerprint density at radius 1 is 0.764 bits per heavy atom. The Labute approximate surface area is 531 Å². The maximum Gasteiger partial charge on any atom is 0.501 e. The van der Waals surface area contributed by atoms with Crippen molar-refractivity contribution in [2.24, 2.45) is 5.41 Å². The molecule has 4 aliphatic heterocycles. The van der Waals surface area contributed by atoms with Crippen LogP contribution < -0.4 is 20.3 Å². The summed E-state index contributed by atoms with van der Waals surface area (Å²) in [7, 11) is -11.1. The molecule has 1 unspecified atom stereocenters. The SMILES string of the molecule is CC1(C)CCC(c2ccc(Cl)cc2)=C(CN2CCN(c3ccc(C(=O)NS(=O)(=O)c4ccc(N[C@H](CCN5CCN(CCCCSc6cccc7c6C(=O)N(C6CCC(=O)NC6=O)C7=O)CC5)CSc5ccccc5)c(S(=O)(=O)C(F)(F)F)c4)cc3)CC2)C1. The van der Waals surface area contributed by atoms with E-state index in [0.717, 1.165) is 99.0 Å². The van der Waals surface area contributed by atoms with Gasteiger partial charge in [0.25, 0.3) is 37.6 Å². The Bertz CT molecular complexity index is 3710. The Morgan fingerprint density at radius 2 is 1.45 bits per heavy atom. The number of carbonyl (C=O) groups excluding carboxylic acids is 5. The Balaban J connectivity index is 0.729. The van der Waals surface area contributed by atoms with Gasteiger partial charge in [0.1, 0.15) is 10.9 Å². The molecule has 0 aromatic heterocycles. The van der Waals surface area contributed by atoms with Crippen LogP contribution in [0.15, 0.2) is 140 Å². The number of alkyl halides is 3. The van der Waals surface area contributed by atoms with Gasteiger partial charge in [-0.05, 0) is 153 Å². The number of piperazine rings is 2. The number of sulfonamides is 1. The molecule has 4 heterocycles. The highest BCUT2D eigenvalue weighted by Crippen LogP contribution is 2.44. The smallest absolute Gasteiger partial charge is 0.380 e. The monoisotopic (exact) mass is 1320 g/mol. The number of allylic oxidation sites excluding steroid dienone is 1. The van der Waals surface area contributed by atoms with Crippen molar-refractivity contribution in [3.8, 4) is 0 Å². The fourth-order valence-electron chi connectivity index (χ4n) is 12.1. The largest absolute Gasteiger partial charge is 0.501 e. The number of piperidine rings is 1. The molecule has 5 aromatic rings. The minimum atomic E-state index is -6.14. The number of hydrogen-bond donors (Lipinski definition) is 3. The van der Waals surface area contributed by atoms with Crippen LogP contribution in [-0.2, 0) is 29.4 Å². The van der Waals surface area contributed by atoms with Gasteiger partial charge >= 0.3 is 5.51 Å². The number of halogens is 4. The summed E-state index contributed by atoms with van der Waals surface area (Å²) in [6, 6.07) is 29.6. The number of unbranched alkanes of at least 4 members (excludes halogenated alkanes) is 1. The summed E-state index contributed by atoms with van der Waals surface area (Å²) in [4.78, 5) is 74.2. The van der Waals surface area contributed by atoms with Gasteiger partial charge in [-0.2, -0.15) is 13.2 Å².